The average molecular weight is 420 g/mol. The summed E-state index contributed by atoms with van der Waals surface area (Å²) in [5.41, 5.74) is 17.6. The van der Waals surface area contributed by atoms with Crippen LogP contribution in [0.3, 0.4) is 0 Å². The fourth-order valence-electron chi connectivity index (χ4n) is 5.06. The maximum absolute atomic E-state index is 6.58. The first kappa shape index (κ1) is 21.5. The van der Waals surface area contributed by atoms with Gasteiger partial charge < -0.3 is 21.1 Å². The molecule has 0 bridgehead atoms. The summed E-state index contributed by atoms with van der Waals surface area (Å²) in [6.07, 6.45) is 12.8. The van der Waals surface area contributed by atoms with Crippen LogP contribution in [0.25, 0.3) is 11.3 Å². The zero-order valence-corrected chi connectivity index (χ0v) is 18.8. The van der Waals surface area contributed by atoms with Gasteiger partial charge in [0, 0.05) is 37.2 Å². The predicted molar refractivity (Wildman–Crippen MR) is 126 cm³/mol. The van der Waals surface area contributed by atoms with Crippen LogP contribution in [0.1, 0.15) is 57.1 Å². The van der Waals surface area contributed by atoms with Crippen molar-refractivity contribution in [3.8, 4) is 29.4 Å². The third-order valence-corrected chi connectivity index (χ3v) is 6.66. The summed E-state index contributed by atoms with van der Waals surface area (Å²) >= 11 is 0. The number of anilines is 2. The second-order valence-electron chi connectivity index (χ2n) is 9.51. The second kappa shape index (κ2) is 8.39. The van der Waals surface area contributed by atoms with Gasteiger partial charge >= 0.3 is 0 Å². The van der Waals surface area contributed by atoms with Crippen molar-refractivity contribution in [1.29, 1.82) is 0 Å². The van der Waals surface area contributed by atoms with Crippen LogP contribution in [0.5, 0.6) is 5.75 Å². The van der Waals surface area contributed by atoms with E-state index < -0.39 is 0 Å². The molecule has 164 valence electrons. The molecule has 1 saturated carbocycles. The molecular weight excluding hydrogens is 386 g/mol. The first-order valence-electron chi connectivity index (χ1n) is 11.2. The van der Waals surface area contributed by atoms with E-state index in [-0.39, 0.29) is 11.5 Å². The molecule has 31 heavy (non-hydrogen) atoms. The molecule has 0 amide bonds. The van der Waals surface area contributed by atoms with Gasteiger partial charge in [0.05, 0.1) is 17.5 Å². The summed E-state index contributed by atoms with van der Waals surface area (Å²) in [6.45, 7) is 5.17. The molecular formula is C25H33N5O. The predicted octanol–water partition coefficient (Wildman–Crippen LogP) is 3.67. The van der Waals surface area contributed by atoms with Crippen molar-refractivity contribution < 1.29 is 4.74 Å². The first-order chi connectivity index (χ1) is 14.8. The van der Waals surface area contributed by atoms with Gasteiger partial charge in [-0.2, -0.15) is 0 Å². The molecule has 1 aromatic carbocycles. The highest BCUT2D eigenvalue weighted by atomic mass is 16.5. The maximum atomic E-state index is 6.58. The van der Waals surface area contributed by atoms with Gasteiger partial charge in [-0.1, -0.05) is 13.8 Å². The third-order valence-electron chi connectivity index (χ3n) is 6.66. The molecule has 2 aliphatic carbocycles. The monoisotopic (exact) mass is 419 g/mol. The fraction of sp³-hybridized carbons (Fsp3) is 0.520. The van der Waals surface area contributed by atoms with Crippen LogP contribution in [-0.4, -0.2) is 35.7 Å². The van der Waals surface area contributed by atoms with Crippen LogP contribution in [0.2, 0.25) is 0 Å². The van der Waals surface area contributed by atoms with Gasteiger partial charge in [0.15, 0.2) is 0 Å². The van der Waals surface area contributed by atoms with Crippen molar-refractivity contribution in [2.24, 2.45) is 5.73 Å². The number of nitrogens with two attached hydrogens (primary N) is 2. The maximum Gasteiger partial charge on any atom is 0.143 e. The Kier molecular flexibility index (Phi) is 5.81. The Bertz CT molecular complexity index is 1000. The number of hydrogen-bond donors (Lipinski definition) is 2. The Labute approximate surface area is 185 Å². The Morgan fingerprint density at radius 2 is 1.97 bits per heavy atom. The normalized spacial score (nSPS) is 21.5. The molecule has 0 saturated heterocycles. The van der Waals surface area contributed by atoms with Crippen LogP contribution in [-0.2, 0) is 11.8 Å². The van der Waals surface area contributed by atoms with Crippen molar-refractivity contribution in [2.75, 3.05) is 24.2 Å². The topological polar surface area (TPSA) is 90.3 Å². The molecule has 1 aromatic heterocycles. The minimum atomic E-state index is -0.189. The lowest BCUT2D eigenvalue weighted by atomic mass is 9.71. The number of aromatic nitrogens is 2. The quantitative estimate of drug-likeness (QED) is 0.719. The van der Waals surface area contributed by atoms with Crippen molar-refractivity contribution in [3.63, 3.8) is 0 Å². The Hall–Kier alpha value is -2.78. The SMILES string of the molecule is C#CCCN(C)c1c(OC2CCC(N)CC2)ccc2c1CC(C)(C)c1c(N)ncnc1-2. The van der Waals surface area contributed by atoms with E-state index in [9.17, 15) is 0 Å². The number of ether oxygens (including phenoxy) is 1. The number of hydrogen-bond acceptors (Lipinski definition) is 6. The van der Waals surface area contributed by atoms with Gasteiger partial charge in [-0.15, -0.1) is 12.3 Å². The Balaban J connectivity index is 1.81. The van der Waals surface area contributed by atoms with E-state index in [1.54, 1.807) is 6.33 Å². The number of rotatable bonds is 5. The Morgan fingerprint density at radius 1 is 1.23 bits per heavy atom. The lowest BCUT2D eigenvalue weighted by molar-refractivity contribution is 0.147. The summed E-state index contributed by atoms with van der Waals surface area (Å²) in [4.78, 5) is 11.1. The fourth-order valence-corrected chi connectivity index (χ4v) is 5.06. The highest BCUT2D eigenvalue weighted by Gasteiger charge is 2.37. The molecule has 1 heterocycles. The van der Waals surface area contributed by atoms with Gasteiger partial charge in [0.2, 0.25) is 0 Å². The van der Waals surface area contributed by atoms with E-state index in [4.69, 9.17) is 22.6 Å². The second-order valence-corrected chi connectivity index (χ2v) is 9.51. The van der Waals surface area contributed by atoms with E-state index in [2.05, 4.69) is 53.8 Å². The third kappa shape index (κ3) is 4.07. The van der Waals surface area contributed by atoms with Crippen LogP contribution in [0.4, 0.5) is 11.5 Å². The molecule has 0 radical (unpaired) electrons. The minimum Gasteiger partial charge on any atom is -0.488 e. The average Bonchev–Trinajstić information content (AvgIpc) is 2.73. The summed E-state index contributed by atoms with van der Waals surface area (Å²) in [5.74, 6) is 4.23. The van der Waals surface area contributed by atoms with Crippen molar-refractivity contribution >= 4 is 11.5 Å². The van der Waals surface area contributed by atoms with Crippen molar-refractivity contribution in [2.45, 2.75) is 69.9 Å². The van der Waals surface area contributed by atoms with E-state index in [1.807, 2.05) is 0 Å². The van der Waals surface area contributed by atoms with E-state index in [0.29, 0.717) is 18.3 Å². The zero-order valence-electron chi connectivity index (χ0n) is 18.8. The molecule has 0 atom stereocenters. The molecule has 0 unspecified atom stereocenters. The number of benzene rings is 1. The summed E-state index contributed by atoms with van der Waals surface area (Å²) in [6, 6.07) is 4.50. The van der Waals surface area contributed by atoms with Gasteiger partial charge in [-0.3, -0.25) is 0 Å². The molecule has 4 rings (SSSR count). The van der Waals surface area contributed by atoms with E-state index >= 15 is 0 Å². The van der Waals surface area contributed by atoms with Crippen LogP contribution in [0.15, 0.2) is 18.5 Å². The van der Waals surface area contributed by atoms with Crippen molar-refractivity contribution in [1.82, 2.24) is 9.97 Å². The molecule has 4 N–H and O–H groups in total. The van der Waals surface area contributed by atoms with Gasteiger partial charge in [0.25, 0.3) is 0 Å². The zero-order chi connectivity index (χ0) is 22.2. The van der Waals surface area contributed by atoms with Gasteiger partial charge in [-0.05, 0) is 55.2 Å². The minimum absolute atomic E-state index is 0.189. The lowest BCUT2D eigenvalue weighted by Gasteiger charge is -2.37. The number of fused-ring (bicyclic) bond motifs is 3. The number of nitrogens with zero attached hydrogens (tertiary/aromatic N) is 3. The molecule has 0 aliphatic heterocycles. The molecule has 1 fully saturated rings. The standard InChI is InChI=1S/C25H33N5O/c1-5-6-13-30(4)23-19-14-25(2,3)21-22(28-15-29-24(21)27)18(19)11-12-20(23)31-17-9-7-16(26)8-10-17/h1,11-12,15-17H,6-10,13-14,26H2,2-4H3,(H2,27,28,29). The van der Waals surface area contributed by atoms with Gasteiger partial charge in [-0.25, -0.2) is 9.97 Å². The van der Waals surface area contributed by atoms with E-state index in [0.717, 1.165) is 66.9 Å². The largest absolute Gasteiger partial charge is 0.488 e. The molecule has 2 aromatic rings. The highest BCUT2D eigenvalue weighted by molar-refractivity contribution is 5.83. The smallest absolute Gasteiger partial charge is 0.143 e. The highest BCUT2D eigenvalue weighted by Crippen LogP contribution is 2.49. The molecule has 2 aliphatic rings. The summed E-state index contributed by atoms with van der Waals surface area (Å²) in [7, 11) is 2.09. The van der Waals surface area contributed by atoms with E-state index in [1.165, 1.54) is 5.56 Å². The van der Waals surface area contributed by atoms with Gasteiger partial charge in [0.1, 0.15) is 17.9 Å². The van der Waals surface area contributed by atoms with Crippen molar-refractivity contribution in [3.05, 3.63) is 29.6 Å². The molecule has 6 heteroatoms. The van der Waals surface area contributed by atoms with Crippen LogP contribution < -0.4 is 21.1 Å². The van der Waals surface area contributed by atoms with Crippen LogP contribution in [0, 0.1) is 12.3 Å². The summed E-state index contributed by atoms with van der Waals surface area (Å²) < 4.78 is 6.58. The number of nitrogen functional groups attached to an aromatic ring is 1. The Morgan fingerprint density at radius 3 is 2.68 bits per heavy atom. The molecule has 6 nitrogen and oxygen atoms in total. The lowest BCUT2D eigenvalue weighted by Crippen LogP contribution is -2.33. The summed E-state index contributed by atoms with van der Waals surface area (Å²) in [5, 5.41) is 0. The van der Waals surface area contributed by atoms with Crippen LogP contribution >= 0.6 is 0 Å². The number of terminal acetylenes is 1. The first-order valence-corrected chi connectivity index (χ1v) is 11.2. The molecule has 0 spiro atoms.